The molecule has 1 unspecified atom stereocenters. The molecule has 0 aromatic rings. The predicted molar refractivity (Wildman–Crippen MR) is 58.0 cm³/mol. The third-order valence-corrected chi connectivity index (χ3v) is 1.61. The SMILES string of the molecule is CC#CCCNCC(O)COC(C)C. The Labute approximate surface area is 86.8 Å². The summed E-state index contributed by atoms with van der Waals surface area (Å²) in [7, 11) is 0. The van der Waals surface area contributed by atoms with Gasteiger partial charge in [0.2, 0.25) is 0 Å². The molecule has 0 aromatic carbocycles. The summed E-state index contributed by atoms with van der Waals surface area (Å²) in [5.41, 5.74) is 0. The topological polar surface area (TPSA) is 41.5 Å². The van der Waals surface area contributed by atoms with E-state index in [1.165, 1.54) is 0 Å². The van der Waals surface area contributed by atoms with Crippen molar-refractivity contribution in [3.63, 3.8) is 0 Å². The van der Waals surface area contributed by atoms with Crippen molar-refractivity contribution < 1.29 is 9.84 Å². The van der Waals surface area contributed by atoms with Gasteiger partial charge in [0.15, 0.2) is 0 Å². The first-order valence-corrected chi connectivity index (χ1v) is 5.06. The number of rotatable bonds is 7. The van der Waals surface area contributed by atoms with Gasteiger partial charge >= 0.3 is 0 Å². The van der Waals surface area contributed by atoms with Crippen molar-refractivity contribution >= 4 is 0 Å². The van der Waals surface area contributed by atoms with E-state index < -0.39 is 6.10 Å². The summed E-state index contributed by atoms with van der Waals surface area (Å²) in [6.07, 6.45) is 0.580. The summed E-state index contributed by atoms with van der Waals surface area (Å²) in [6.45, 7) is 7.51. The van der Waals surface area contributed by atoms with Crippen LogP contribution in [-0.2, 0) is 4.74 Å². The monoisotopic (exact) mass is 199 g/mol. The van der Waals surface area contributed by atoms with Crippen LogP contribution in [0.1, 0.15) is 27.2 Å². The highest BCUT2D eigenvalue weighted by Gasteiger charge is 2.04. The number of aliphatic hydroxyl groups excluding tert-OH is 1. The molecule has 0 bridgehead atoms. The zero-order valence-electron chi connectivity index (χ0n) is 9.34. The smallest absolute Gasteiger partial charge is 0.0897 e. The summed E-state index contributed by atoms with van der Waals surface area (Å²) in [5, 5.41) is 12.5. The van der Waals surface area contributed by atoms with Crippen LogP contribution in [0.3, 0.4) is 0 Å². The Bertz CT molecular complexity index is 181. The minimum atomic E-state index is -0.424. The predicted octanol–water partition coefficient (Wildman–Crippen LogP) is 0.775. The Hall–Kier alpha value is -0.560. The van der Waals surface area contributed by atoms with E-state index >= 15 is 0 Å². The van der Waals surface area contributed by atoms with Crippen LogP contribution in [0.4, 0.5) is 0 Å². The van der Waals surface area contributed by atoms with Crippen molar-refractivity contribution in [3.05, 3.63) is 0 Å². The van der Waals surface area contributed by atoms with E-state index in [1.807, 2.05) is 20.8 Å². The average Bonchev–Trinajstić information content (AvgIpc) is 2.14. The fourth-order valence-corrected chi connectivity index (χ4v) is 0.907. The van der Waals surface area contributed by atoms with Gasteiger partial charge in [0.1, 0.15) is 0 Å². The van der Waals surface area contributed by atoms with Crippen LogP contribution in [0.5, 0.6) is 0 Å². The minimum absolute atomic E-state index is 0.176. The van der Waals surface area contributed by atoms with Gasteiger partial charge < -0.3 is 15.2 Å². The van der Waals surface area contributed by atoms with Gasteiger partial charge in [0.05, 0.1) is 18.8 Å². The second-order valence-electron chi connectivity index (χ2n) is 3.42. The molecule has 3 nitrogen and oxygen atoms in total. The molecule has 0 saturated heterocycles. The Kier molecular flexibility index (Phi) is 8.65. The number of hydrogen-bond acceptors (Lipinski definition) is 3. The van der Waals surface area contributed by atoms with Gasteiger partial charge in [-0.2, -0.15) is 0 Å². The summed E-state index contributed by atoms with van der Waals surface area (Å²) in [4.78, 5) is 0. The maximum Gasteiger partial charge on any atom is 0.0897 e. The second-order valence-corrected chi connectivity index (χ2v) is 3.42. The Balaban J connectivity index is 3.25. The highest BCUT2D eigenvalue weighted by molar-refractivity contribution is 4.95. The molecule has 14 heavy (non-hydrogen) atoms. The van der Waals surface area contributed by atoms with E-state index in [2.05, 4.69) is 17.2 Å². The standard InChI is InChI=1S/C11H21NO2/c1-4-5-6-7-12-8-11(13)9-14-10(2)3/h10-13H,6-9H2,1-3H3. The lowest BCUT2D eigenvalue weighted by Gasteiger charge is -2.13. The minimum Gasteiger partial charge on any atom is -0.389 e. The molecule has 0 aromatic heterocycles. The molecular weight excluding hydrogens is 178 g/mol. The lowest BCUT2D eigenvalue weighted by Crippen LogP contribution is -2.31. The first-order chi connectivity index (χ1) is 6.66. The largest absolute Gasteiger partial charge is 0.389 e. The van der Waals surface area contributed by atoms with Crippen LogP contribution in [0.25, 0.3) is 0 Å². The molecule has 0 radical (unpaired) electrons. The van der Waals surface area contributed by atoms with Crippen LogP contribution in [0.15, 0.2) is 0 Å². The summed E-state index contributed by atoms with van der Waals surface area (Å²) < 4.78 is 5.26. The molecule has 0 saturated carbocycles. The normalized spacial score (nSPS) is 12.4. The van der Waals surface area contributed by atoms with E-state index in [4.69, 9.17) is 4.74 Å². The average molecular weight is 199 g/mol. The molecule has 82 valence electrons. The van der Waals surface area contributed by atoms with Crippen molar-refractivity contribution in [1.82, 2.24) is 5.32 Å². The van der Waals surface area contributed by atoms with Crippen LogP contribution >= 0.6 is 0 Å². The first-order valence-electron chi connectivity index (χ1n) is 5.06. The molecule has 0 aliphatic heterocycles. The summed E-state index contributed by atoms with van der Waals surface area (Å²) in [6, 6.07) is 0. The molecular formula is C11H21NO2. The third kappa shape index (κ3) is 9.53. The number of ether oxygens (including phenoxy) is 1. The molecule has 0 amide bonds. The van der Waals surface area contributed by atoms with Gasteiger partial charge in [-0.3, -0.25) is 0 Å². The highest BCUT2D eigenvalue weighted by atomic mass is 16.5. The van der Waals surface area contributed by atoms with Crippen molar-refractivity contribution in [1.29, 1.82) is 0 Å². The summed E-state index contributed by atoms with van der Waals surface area (Å²) >= 11 is 0. The molecule has 2 N–H and O–H groups in total. The maximum atomic E-state index is 9.43. The van der Waals surface area contributed by atoms with Gasteiger partial charge in [0, 0.05) is 19.5 Å². The molecule has 0 fully saturated rings. The Morgan fingerprint density at radius 2 is 2.14 bits per heavy atom. The zero-order valence-corrected chi connectivity index (χ0v) is 9.34. The fraction of sp³-hybridized carbons (Fsp3) is 0.818. The molecule has 0 spiro atoms. The first kappa shape index (κ1) is 13.4. The second kappa shape index (κ2) is 9.01. The Morgan fingerprint density at radius 1 is 1.43 bits per heavy atom. The quantitative estimate of drug-likeness (QED) is 0.470. The van der Waals surface area contributed by atoms with Crippen LogP contribution in [0.2, 0.25) is 0 Å². The zero-order chi connectivity index (χ0) is 10.8. The maximum absolute atomic E-state index is 9.43. The third-order valence-electron chi connectivity index (χ3n) is 1.61. The van der Waals surface area contributed by atoms with Crippen LogP contribution in [-0.4, -0.2) is 37.0 Å². The van der Waals surface area contributed by atoms with Crippen molar-refractivity contribution in [2.24, 2.45) is 0 Å². The van der Waals surface area contributed by atoms with Crippen molar-refractivity contribution in [2.75, 3.05) is 19.7 Å². The van der Waals surface area contributed by atoms with Gasteiger partial charge in [-0.25, -0.2) is 0 Å². The van der Waals surface area contributed by atoms with E-state index in [1.54, 1.807) is 0 Å². The number of hydrogen-bond donors (Lipinski definition) is 2. The molecule has 0 rings (SSSR count). The molecule has 0 heterocycles. The molecule has 0 aliphatic rings. The van der Waals surface area contributed by atoms with Crippen LogP contribution in [0, 0.1) is 11.8 Å². The van der Waals surface area contributed by atoms with E-state index in [0.717, 1.165) is 13.0 Å². The molecule has 3 heteroatoms. The molecule has 1 atom stereocenters. The van der Waals surface area contributed by atoms with Crippen LogP contribution < -0.4 is 5.32 Å². The van der Waals surface area contributed by atoms with Gasteiger partial charge in [0.25, 0.3) is 0 Å². The van der Waals surface area contributed by atoms with Gasteiger partial charge in [-0.15, -0.1) is 11.8 Å². The van der Waals surface area contributed by atoms with Gasteiger partial charge in [-0.05, 0) is 20.8 Å². The number of nitrogens with one attached hydrogen (secondary N) is 1. The van der Waals surface area contributed by atoms with E-state index in [-0.39, 0.29) is 6.10 Å². The highest BCUT2D eigenvalue weighted by Crippen LogP contribution is 1.90. The van der Waals surface area contributed by atoms with E-state index in [9.17, 15) is 5.11 Å². The lowest BCUT2D eigenvalue weighted by atomic mass is 10.3. The fourth-order valence-electron chi connectivity index (χ4n) is 0.907. The summed E-state index contributed by atoms with van der Waals surface area (Å²) in [5.74, 6) is 5.77. The van der Waals surface area contributed by atoms with Gasteiger partial charge in [-0.1, -0.05) is 0 Å². The van der Waals surface area contributed by atoms with Crippen molar-refractivity contribution in [3.8, 4) is 11.8 Å². The lowest BCUT2D eigenvalue weighted by molar-refractivity contribution is 0.00654. The molecule has 0 aliphatic carbocycles. The van der Waals surface area contributed by atoms with Crippen molar-refractivity contribution in [2.45, 2.75) is 39.4 Å². The van der Waals surface area contributed by atoms with E-state index in [0.29, 0.717) is 13.2 Å². The Morgan fingerprint density at radius 3 is 2.71 bits per heavy atom. The number of aliphatic hydroxyl groups is 1.